The minimum absolute atomic E-state index is 0.166. The van der Waals surface area contributed by atoms with E-state index in [0.717, 1.165) is 6.54 Å². The monoisotopic (exact) mass is 201 g/mol. The summed E-state index contributed by atoms with van der Waals surface area (Å²) in [5.74, 6) is 0.166. The quantitative estimate of drug-likeness (QED) is 0.681. The van der Waals surface area contributed by atoms with E-state index >= 15 is 0 Å². The molecule has 0 aromatic rings. The van der Waals surface area contributed by atoms with Gasteiger partial charge in [-0.1, -0.05) is 27.7 Å². The number of alkyl halides is 1. The smallest absolute Gasteiger partial charge is 0.155 e. The maximum atomic E-state index is 13.2. The Hall–Kier alpha value is -0.440. The average Bonchev–Trinajstić information content (AvgIpc) is 2.43. The lowest BCUT2D eigenvalue weighted by Gasteiger charge is -2.27. The Morgan fingerprint density at radius 3 is 2.50 bits per heavy atom. The predicted molar refractivity (Wildman–Crippen MR) is 55.0 cm³/mol. The van der Waals surface area contributed by atoms with Crippen molar-refractivity contribution in [1.29, 1.82) is 0 Å². The van der Waals surface area contributed by atoms with Crippen LogP contribution >= 0.6 is 0 Å². The molecule has 1 heterocycles. The first-order valence-electron chi connectivity index (χ1n) is 5.28. The summed E-state index contributed by atoms with van der Waals surface area (Å²) in [6, 6.07) is -0.199. The largest absolute Gasteiger partial charge is 0.297 e. The highest BCUT2D eigenvalue weighted by molar-refractivity contribution is 5.89. The van der Waals surface area contributed by atoms with Crippen molar-refractivity contribution >= 4 is 5.78 Å². The fourth-order valence-electron chi connectivity index (χ4n) is 1.97. The van der Waals surface area contributed by atoms with Gasteiger partial charge in [-0.05, 0) is 6.54 Å². The van der Waals surface area contributed by atoms with Gasteiger partial charge in [-0.25, -0.2) is 4.39 Å². The number of rotatable bonds is 2. The first kappa shape index (κ1) is 11.6. The zero-order valence-electron chi connectivity index (χ0n) is 9.51. The van der Waals surface area contributed by atoms with Crippen LogP contribution in [-0.4, -0.2) is 36.0 Å². The van der Waals surface area contributed by atoms with Crippen molar-refractivity contribution in [2.45, 2.75) is 46.3 Å². The molecule has 0 amide bonds. The summed E-state index contributed by atoms with van der Waals surface area (Å²) in [5.41, 5.74) is -0.359. The lowest BCUT2D eigenvalue weighted by molar-refractivity contribution is -0.130. The van der Waals surface area contributed by atoms with Gasteiger partial charge in [0, 0.05) is 18.4 Å². The fourth-order valence-corrected chi connectivity index (χ4v) is 1.97. The van der Waals surface area contributed by atoms with E-state index < -0.39 is 6.17 Å². The van der Waals surface area contributed by atoms with Gasteiger partial charge in [0.05, 0.1) is 6.04 Å². The number of ketones is 1. The molecule has 0 radical (unpaired) electrons. The SMILES string of the molecule is CCN1CC(F)C[C@H]1C(=O)C(C)(C)C. The van der Waals surface area contributed by atoms with E-state index in [1.807, 2.05) is 32.6 Å². The number of Topliss-reactive ketones (excluding diaryl/α,β-unsaturated/α-hetero) is 1. The molecule has 82 valence electrons. The van der Waals surface area contributed by atoms with Crippen molar-refractivity contribution in [2.75, 3.05) is 13.1 Å². The van der Waals surface area contributed by atoms with Crippen molar-refractivity contribution in [2.24, 2.45) is 5.41 Å². The topological polar surface area (TPSA) is 20.3 Å². The number of halogens is 1. The van der Waals surface area contributed by atoms with Gasteiger partial charge in [-0.3, -0.25) is 9.69 Å². The van der Waals surface area contributed by atoms with Crippen LogP contribution in [0.4, 0.5) is 4.39 Å². The standard InChI is InChI=1S/C11H20FNO/c1-5-13-7-8(12)6-9(13)10(14)11(2,3)4/h8-9H,5-7H2,1-4H3/t8?,9-/m0/s1. The van der Waals surface area contributed by atoms with Crippen molar-refractivity contribution in [3.05, 3.63) is 0 Å². The zero-order valence-corrected chi connectivity index (χ0v) is 9.51. The second-order valence-electron chi connectivity index (χ2n) is 5.05. The van der Waals surface area contributed by atoms with Gasteiger partial charge in [-0.2, -0.15) is 0 Å². The lowest BCUT2D eigenvalue weighted by atomic mass is 9.85. The summed E-state index contributed by atoms with van der Waals surface area (Å²) in [4.78, 5) is 13.9. The van der Waals surface area contributed by atoms with Gasteiger partial charge in [0.1, 0.15) is 6.17 Å². The van der Waals surface area contributed by atoms with E-state index in [1.54, 1.807) is 0 Å². The molecular weight excluding hydrogens is 181 g/mol. The van der Waals surface area contributed by atoms with Crippen molar-refractivity contribution in [3.63, 3.8) is 0 Å². The van der Waals surface area contributed by atoms with E-state index in [1.165, 1.54) is 0 Å². The van der Waals surface area contributed by atoms with E-state index in [0.29, 0.717) is 13.0 Å². The van der Waals surface area contributed by atoms with Crippen LogP contribution in [0, 0.1) is 5.41 Å². The maximum Gasteiger partial charge on any atom is 0.155 e. The Balaban J connectivity index is 2.72. The zero-order chi connectivity index (χ0) is 10.9. The first-order valence-corrected chi connectivity index (χ1v) is 5.28. The number of carbonyl (C=O) groups excluding carboxylic acids is 1. The van der Waals surface area contributed by atoms with E-state index in [-0.39, 0.29) is 17.2 Å². The van der Waals surface area contributed by atoms with Crippen molar-refractivity contribution in [1.82, 2.24) is 4.90 Å². The molecule has 0 saturated carbocycles. The Kier molecular flexibility index (Phi) is 3.30. The highest BCUT2D eigenvalue weighted by Crippen LogP contribution is 2.27. The molecule has 1 rings (SSSR count). The molecular formula is C11H20FNO. The number of hydrogen-bond donors (Lipinski definition) is 0. The molecule has 1 saturated heterocycles. The fraction of sp³-hybridized carbons (Fsp3) is 0.909. The molecule has 1 aliphatic rings. The van der Waals surface area contributed by atoms with Crippen LogP contribution in [0.3, 0.4) is 0 Å². The molecule has 2 atom stereocenters. The second kappa shape index (κ2) is 3.97. The Morgan fingerprint density at radius 1 is 1.50 bits per heavy atom. The molecule has 0 aromatic carbocycles. The first-order chi connectivity index (χ1) is 6.36. The van der Waals surface area contributed by atoms with Gasteiger partial charge < -0.3 is 0 Å². The highest BCUT2D eigenvalue weighted by atomic mass is 19.1. The van der Waals surface area contributed by atoms with Gasteiger partial charge in [0.15, 0.2) is 5.78 Å². The van der Waals surface area contributed by atoms with Gasteiger partial charge in [0.2, 0.25) is 0 Å². The lowest BCUT2D eigenvalue weighted by Crippen LogP contribution is -2.41. The van der Waals surface area contributed by atoms with Crippen LogP contribution < -0.4 is 0 Å². The minimum atomic E-state index is -0.828. The molecule has 0 bridgehead atoms. The minimum Gasteiger partial charge on any atom is -0.297 e. The van der Waals surface area contributed by atoms with Crippen LogP contribution in [0.5, 0.6) is 0 Å². The van der Waals surface area contributed by atoms with Crippen molar-refractivity contribution < 1.29 is 9.18 Å². The predicted octanol–water partition coefficient (Wildman–Crippen LogP) is 2.03. The van der Waals surface area contributed by atoms with E-state index in [2.05, 4.69) is 0 Å². The van der Waals surface area contributed by atoms with Crippen LogP contribution in [0.15, 0.2) is 0 Å². The molecule has 14 heavy (non-hydrogen) atoms. The van der Waals surface area contributed by atoms with Crippen LogP contribution in [0.2, 0.25) is 0 Å². The number of nitrogens with zero attached hydrogens (tertiary/aromatic N) is 1. The maximum absolute atomic E-state index is 13.2. The highest BCUT2D eigenvalue weighted by Gasteiger charge is 2.39. The molecule has 2 nitrogen and oxygen atoms in total. The molecule has 0 spiro atoms. The number of likely N-dealkylation sites (tertiary alicyclic amines) is 1. The summed E-state index contributed by atoms with van der Waals surface area (Å²) in [6.07, 6.45) is -0.449. The van der Waals surface area contributed by atoms with E-state index in [9.17, 15) is 9.18 Å². The van der Waals surface area contributed by atoms with Gasteiger partial charge in [-0.15, -0.1) is 0 Å². The summed E-state index contributed by atoms with van der Waals surface area (Å²) in [5, 5.41) is 0. The summed E-state index contributed by atoms with van der Waals surface area (Å²) in [6.45, 7) is 8.84. The molecule has 0 aliphatic carbocycles. The number of hydrogen-bond acceptors (Lipinski definition) is 2. The molecule has 1 fully saturated rings. The molecule has 1 unspecified atom stereocenters. The van der Waals surface area contributed by atoms with E-state index in [4.69, 9.17) is 0 Å². The van der Waals surface area contributed by atoms with Gasteiger partial charge in [0.25, 0.3) is 0 Å². The summed E-state index contributed by atoms with van der Waals surface area (Å²) < 4.78 is 13.2. The molecule has 3 heteroatoms. The number of likely N-dealkylation sites (N-methyl/N-ethyl adjacent to an activating group) is 1. The van der Waals surface area contributed by atoms with Crippen molar-refractivity contribution in [3.8, 4) is 0 Å². The van der Waals surface area contributed by atoms with Crippen LogP contribution in [0.25, 0.3) is 0 Å². The third-order valence-corrected chi connectivity index (χ3v) is 2.80. The molecule has 0 N–H and O–H groups in total. The third-order valence-electron chi connectivity index (χ3n) is 2.80. The summed E-state index contributed by atoms with van der Waals surface area (Å²) in [7, 11) is 0. The van der Waals surface area contributed by atoms with Crippen LogP contribution in [0.1, 0.15) is 34.1 Å². The molecule has 0 aromatic heterocycles. The summed E-state index contributed by atoms with van der Waals surface area (Å²) >= 11 is 0. The Bertz CT molecular complexity index is 222. The average molecular weight is 201 g/mol. The Morgan fingerprint density at radius 2 is 2.07 bits per heavy atom. The normalized spacial score (nSPS) is 29.5. The number of carbonyl (C=O) groups is 1. The molecule has 1 aliphatic heterocycles. The van der Waals surface area contributed by atoms with Gasteiger partial charge >= 0.3 is 0 Å². The Labute approximate surface area is 85.5 Å². The second-order valence-corrected chi connectivity index (χ2v) is 5.05. The third kappa shape index (κ3) is 2.32. The van der Waals surface area contributed by atoms with Crippen LogP contribution in [-0.2, 0) is 4.79 Å².